The number of pyridine rings is 5. The van der Waals surface area contributed by atoms with Crippen LogP contribution in [-0.4, -0.2) is 87.4 Å². The van der Waals surface area contributed by atoms with Crippen LogP contribution in [0.4, 0.5) is 0 Å². The zero-order valence-electron chi connectivity index (χ0n) is 26.7. The molecule has 0 saturated heterocycles. The van der Waals surface area contributed by atoms with Crippen LogP contribution in [-0.2, 0) is 39.6 Å². The summed E-state index contributed by atoms with van der Waals surface area (Å²) in [4.78, 5) is 79.6. The minimum atomic E-state index is -1.52. The first-order valence-electron chi connectivity index (χ1n) is 12.9. The van der Waals surface area contributed by atoms with Gasteiger partial charge in [-0.05, 0) is 60.7 Å². The normalized spacial score (nSPS) is 8.37. The Hall–Kier alpha value is -6.55. The number of carbonyl (C=O) groups excluding carboxylic acids is 4. The van der Waals surface area contributed by atoms with Crippen molar-refractivity contribution in [3.8, 4) is 11.4 Å². The molecule has 0 aromatic carbocycles. The molecule has 0 saturated carbocycles. The Morgan fingerprint density at radius 3 is 0.852 bits per heavy atom. The molecular weight excluding hydrogens is 825 g/mol. The van der Waals surface area contributed by atoms with Gasteiger partial charge in [0, 0.05) is 12.4 Å². The molecule has 0 spiro atoms. The smallest absolute Gasteiger partial charge is 0.543 e. The number of hydrogen-bond donors (Lipinski definition) is 2. The van der Waals surface area contributed by atoms with Crippen molar-refractivity contribution in [3.05, 3.63) is 138 Å². The van der Waals surface area contributed by atoms with Gasteiger partial charge in [0.25, 0.3) is 0 Å². The van der Waals surface area contributed by atoms with E-state index in [1.807, 2.05) is 36.4 Å². The van der Waals surface area contributed by atoms with Gasteiger partial charge in [-0.3, -0.25) is 9.97 Å². The molecule has 5 heterocycles. The number of aromatic nitrogens is 5. The van der Waals surface area contributed by atoms with Gasteiger partial charge in [-0.1, -0.05) is 30.3 Å². The molecule has 0 fully saturated rings. The predicted molar refractivity (Wildman–Crippen MR) is 167 cm³/mol. The van der Waals surface area contributed by atoms with Crippen molar-refractivity contribution in [1.29, 1.82) is 0 Å². The van der Waals surface area contributed by atoms with E-state index in [4.69, 9.17) is 10.2 Å². The SMILES string of the molecule is O.O.O.O=C(O)c1cccc(C(=O)O)n1.O=C([O-])c1cccc(C(=O)[O-])n1.O=C([O-])c1cccc(C(=O)[O-])n1.[Cu+2].[Cu+2].[OH3+].c1ccc(-c2ccccn2)nc1. The Bertz CT molecular complexity index is 1640. The maximum absolute atomic E-state index is 10.3. The molecule has 0 aliphatic carbocycles. The molecule has 5 aromatic heterocycles. The number of hydrogen-bond acceptors (Lipinski definition) is 15. The van der Waals surface area contributed by atoms with Crippen molar-refractivity contribution in [2.45, 2.75) is 0 Å². The number of carboxylic acid groups (broad SMARTS) is 6. The van der Waals surface area contributed by atoms with Crippen molar-refractivity contribution >= 4 is 35.8 Å². The van der Waals surface area contributed by atoms with Crippen molar-refractivity contribution in [3.63, 3.8) is 0 Å². The van der Waals surface area contributed by atoms with Crippen LogP contribution in [0.25, 0.3) is 11.4 Å². The largest absolute Gasteiger partial charge is 2.00 e. The van der Waals surface area contributed by atoms with Crippen molar-refractivity contribution in [1.82, 2.24) is 24.9 Å². The fraction of sp³-hybridized carbons (Fsp3) is 0. The summed E-state index contributed by atoms with van der Waals surface area (Å²) in [7, 11) is 0. The Kier molecular flexibility index (Phi) is 30.6. The first-order valence-corrected chi connectivity index (χ1v) is 12.9. The number of carboxylic acids is 6. The molecule has 5 rings (SSSR count). The molecule has 0 aliphatic rings. The molecule has 5 aromatic rings. The minimum absolute atomic E-state index is 0. The number of nitrogens with zero attached hydrogens (tertiary/aromatic N) is 5. The molecule has 0 unspecified atom stereocenters. The van der Waals surface area contributed by atoms with Gasteiger partial charge in [0.1, 0.15) is 11.4 Å². The molecule has 21 nitrogen and oxygen atoms in total. The summed E-state index contributed by atoms with van der Waals surface area (Å²) in [6.07, 6.45) is 3.54. The third-order valence-electron chi connectivity index (χ3n) is 5.11. The van der Waals surface area contributed by atoms with Gasteiger partial charge in [-0.2, -0.15) is 0 Å². The van der Waals surface area contributed by atoms with Crippen LogP contribution in [0.2, 0.25) is 0 Å². The first kappa shape index (κ1) is 56.8. The molecule has 0 amide bonds. The Morgan fingerprint density at radius 1 is 0.407 bits per heavy atom. The summed E-state index contributed by atoms with van der Waals surface area (Å²) in [6.45, 7) is 0. The van der Waals surface area contributed by atoms with Gasteiger partial charge in [0.05, 0.1) is 58.0 Å². The topological polar surface area (TPSA) is 427 Å². The quantitative estimate of drug-likeness (QED) is 0.114. The second-order valence-electron chi connectivity index (χ2n) is 8.41. The molecule has 11 N–H and O–H groups in total. The van der Waals surface area contributed by atoms with Crippen molar-refractivity contribution < 1.29 is 115 Å². The standard InChI is InChI=1S/C10H8N2.3C7H5NO4.2Cu.4H2O/c1-3-7-11-9(5-1)10-6-2-4-8-12-10;3*9-6(10)4-2-1-3-5(8-4)7(11)12;;;;;;/h1-8H;3*1-3H,(H,9,10)(H,11,12);;;4*1H2/q;;;;2*+2;;;;/p-3. The summed E-state index contributed by atoms with van der Waals surface area (Å²) in [6, 6.07) is 22.5. The van der Waals surface area contributed by atoms with Gasteiger partial charge < -0.3 is 71.7 Å². The van der Waals surface area contributed by atoms with Gasteiger partial charge in [-0.15, -0.1) is 0 Å². The average Bonchev–Trinajstić information content (AvgIpc) is 3.10. The van der Waals surface area contributed by atoms with E-state index in [1.165, 1.54) is 30.3 Å². The van der Waals surface area contributed by atoms with Gasteiger partial charge >= 0.3 is 46.1 Å². The maximum atomic E-state index is 10.3. The number of aromatic carboxylic acids is 6. The molecular formula is C31H28Cu2N5O16+. The Morgan fingerprint density at radius 2 is 0.648 bits per heavy atom. The van der Waals surface area contributed by atoms with Crippen LogP contribution >= 0.6 is 0 Å². The summed E-state index contributed by atoms with van der Waals surface area (Å²) in [5, 5.41) is 57.6. The van der Waals surface area contributed by atoms with Crippen LogP contribution in [0, 0.1) is 0 Å². The zero-order valence-corrected chi connectivity index (χ0v) is 28.6. The molecule has 54 heavy (non-hydrogen) atoms. The van der Waals surface area contributed by atoms with E-state index in [2.05, 4.69) is 24.9 Å². The zero-order chi connectivity index (χ0) is 35.6. The Labute approximate surface area is 324 Å². The van der Waals surface area contributed by atoms with Crippen LogP contribution in [0.15, 0.2) is 103 Å². The predicted octanol–water partition coefficient (Wildman–Crippen LogP) is -5.16. The van der Waals surface area contributed by atoms with Gasteiger partial charge in [-0.25, -0.2) is 24.5 Å². The number of carbonyl (C=O) groups is 6. The second-order valence-corrected chi connectivity index (χ2v) is 8.41. The van der Waals surface area contributed by atoms with Crippen LogP contribution in [0.1, 0.15) is 62.9 Å². The third kappa shape index (κ3) is 19.7. The van der Waals surface area contributed by atoms with E-state index in [1.54, 1.807) is 12.4 Å². The molecule has 0 bridgehead atoms. The van der Waals surface area contributed by atoms with Gasteiger partial charge in [0.2, 0.25) is 0 Å². The molecule has 0 aliphatic heterocycles. The van der Waals surface area contributed by atoms with E-state index >= 15 is 0 Å². The number of rotatable bonds is 7. The average molecular weight is 854 g/mol. The van der Waals surface area contributed by atoms with Crippen LogP contribution in [0.5, 0.6) is 0 Å². The maximum Gasteiger partial charge on any atom is 2.00 e. The third-order valence-corrected chi connectivity index (χ3v) is 5.11. The summed E-state index contributed by atoms with van der Waals surface area (Å²) in [5.41, 5.74) is -0.386. The van der Waals surface area contributed by atoms with Gasteiger partial charge in [0.15, 0.2) is 0 Å². The fourth-order valence-electron chi connectivity index (χ4n) is 3.03. The summed E-state index contributed by atoms with van der Waals surface area (Å²) >= 11 is 0. The minimum Gasteiger partial charge on any atom is -0.543 e. The van der Waals surface area contributed by atoms with E-state index in [0.717, 1.165) is 35.7 Å². The fourth-order valence-corrected chi connectivity index (χ4v) is 3.03. The van der Waals surface area contributed by atoms with E-state index in [0.29, 0.717) is 0 Å². The van der Waals surface area contributed by atoms with Crippen molar-refractivity contribution in [2.75, 3.05) is 0 Å². The molecule has 0 atom stereocenters. The second kappa shape index (κ2) is 29.1. The summed E-state index contributed by atoms with van der Waals surface area (Å²) in [5.74, 6) is -8.54. The molecule has 23 heteroatoms. The Balaban J connectivity index is -0.000000191. The van der Waals surface area contributed by atoms with E-state index < -0.39 is 58.6 Å². The monoisotopic (exact) mass is 852 g/mol. The van der Waals surface area contributed by atoms with Crippen LogP contribution < -0.4 is 20.4 Å². The van der Waals surface area contributed by atoms with Crippen molar-refractivity contribution in [2.24, 2.45) is 0 Å². The van der Waals surface area contributed by atoms with E-state index in [-0.39, 0.29) is 67.4 Å². The molecule has 294 valence electrons. The molecule has 2 radical (unpaired) electrons. The summed E-state index contributed by atoms with van der Waals surface area (Å²) < 4.78 is 0. The van der Waals surface area contributed by atoms with E-state index in [9.17, 15) is 49.2 Å². The van der Waals surface area contributed by atoms with Crippen LogP contribution in [0.3, 0.4) is 0 Å². The first-order chi connectivity index (χ1) is 22.8.